The first-order valence-electron chi connectivity index (χ1n) is 11.2. The number of hydrogen-bond donors (Lipinski definition) is 1. The fraction of sp³-hybridized carbons (Fsp3) is 0.360. The number of nitrogens with zero attached hydrogens (tertiary/aromatic N) is 3. The molecule has 178 valence electrons. The second-order valence-corrected chi connectivity index (χ2v) is 11.1. The highest BCUT2D eigenvalue weighted by molar-refractivity contribution is 7.99. The Kier molecular flexibility index (Phi) is 7.48. The molecule has 1 aliphatic rings. The minimum atomic E-state index is -1.59. The van der Waals surface area contributed by atoms with Crippen LogP contribution >= 0.6 is 21.0 Å². The van der Waals surface area contributed by atoms with Gasteiger partial charge in [-0.2, -0.15) is 5.10 Å². The first-order chi connectivity index (χ1) is 16.2. The van der Waals surface area contributed by atoms with Crippen molar-refractivity contribution in [1.29, 1.82) is 0 Å². The normalized spacial score (nSPS) is 15.0. The van der Waals surface area contributed by atoms with E-state index in [1.807, 2.05) is 13.0 Å². The van der Waals surface area contributed by atoms with Crippen LogP contribution in [0.1, 0.15) is 54.4 Å². The maximum atomic E-state index is 13.7. The minimum absolute atomic E-state index is 0.133. The zero-order valence-corrected chi connectivity index (χ0v) is 21.4. The van der Waals surface area contributed by atoms with Crippen LogP contribution in [0.2, 0.25) is 0 Å². The number of carbonyl (C=O) groups is 1. The van der Waals surface area contributed by atoms with Gasteiger partial charge in [-0.15, -0.1) is 16.9 Å². The SMILES string of the molecule is CCSc1cc(-c2ccc(C3CC3)cc2)cnc1C(=O)Nc1cc(OCC(C)(F)P)nnc1C. The van der Waals surface area contributed by atoms with Gasteiger partial charge < -0.3 is 10.1 Å². The Morgan fingerprint density at radius 1 is 1.24 bits per heavy atom. The summed E-state index contributed by atoms with van der Waals surface area (Å²) in [5, 5.41) is 9.20. The van der Waals surface area contributed by atoms with Gasteiger partial charge in [-0.3, -0.25) is 4.79 Å². The topological polar surface area (TPSA) is 77.0 Å². The van der Waals surface area contributed by atoms with E-state index < -0.39 is 5.41 Å². The molecule has 2 unspecified atom stereocenters. The van der Waals surface area contributed by atoms with Gasteiger partial charge in [0.25, 0.3) is 5.91 Å². The molecule has 3 aromatic rings. The van der Waals surface area contributed by atoms with E-state index in [9.17, 15) is 9.18 Å². The average Bonchev–Trinajstić information content (AvgIpc) is 3.65. The van der Waals surface area contributed by atoms with Crippen molar-refractivity contribution in [3.63, 3.8) is 0 Å². The summed E-state index contributed by atoms with van der Waals surface area (Å²) < 4.78 is 19.1. The number of pyridine rings is 1. The Morgan fingerprint density at radius 2 is 1.97 bits per heavy atom. The molecule has 2 aromatic heterocycles. The van der Waals surface area contributed by atoms with Crippen LogP contribution in [0.15, 0.2) is 47.5 Å². The molecule has 9 heteroatoms. The molecule has 6 nitrogen and oxygen atoms in total. The molecule has 1 fully saturated rings. The van der Waals surface area contributed by atoms with E-state index >= 15 is 0 Å². The molecule has 0 aliphatic heterocycles. The van der Waals surface area contributed by atoms with Gasteiger partial charge >= 0.3 is 0 Å². The molecule has 1 aromatic carbocycles. The lowest BCUT2D eigenvalue weighted by molar-refractivity contribution is 0.101. The monoisotopic (exact) mass is 498 g/mol. The Morgan fingerprint density at radius 3 is 2.62 bits per heavy atom. The predicted molar refractivity (Wildman–Crippen MR) is 137 cm³/mol. The van der Waals surface area contributed by atoms with Crippen LogP contribution in [-0.4, -0.2) is 38.9 Å². The van der Waals surface area contributed by atoms with Gasteiger partial charge in [-0.05, 0) is 55.6 Å². The molecule has 1 amide bonds. The van der Waals surface area contributed by atoms with E-state index in [1.54, 1.807) is 30.9 Å². The van der Waals surface area contributed by atoms with Crippen LogP contribution in [0.5, 0.6) is 5.88 Å². The molecular formula is C25H28FN4O2PS. The van der Waals surface area contributed by atoms with E-state index in [2.05, 4.69) is 54.0 Å². The van der Waals surface area contributed by atoms with Crippen LogP contribution in [0.4, 0.5) is 10.1 Å². The Balaban J connectivity index is 1.54. The lowest BCUT2D eigenvalue weighted by Crippen LogP contribution is -2.20. The van der Waals surface area contributed by atoms with Crippen LogP contribution in [0.25, 0.3) is 11.1 Å². The smallest absolute Gasteiger partial charge is 0.275 e. The van der Waals surface area contributed by atoms with Crippen molar-refractivity contribution in [3.8, 4) is 17.0 Å². The van der Waals surface area contributed by atoms with Crippen molar-refractivity contribution in [3.05, 3.63) is 59.5 Å². The second kappa shape index (κ2) is 10.4. The number of anilines is 1. The van der Waals surface area contributed by atoms with Gasteiger partial charge in [0.1, 0.15) is 12.3 Å². The zero-order valence-electron chi connectivity index (χ0n) is 19.5. The third-order valence-electron chi connectivity index (χ3n) is 5.37. The van der Waals surface area contributed by atoms with Crippen molar-refractivity contribution in [2.45, 2.75) is 49.8 Å². The Labute approximate surface area is 205 Å². The van der Waals surface area contributed by atoms with Gasteiger partial charge in [-0.25, -0.2) is 9.37 Å². The molecular weight excluding hydrogens is 470 g/mol. The van der Waals surface area contributed by atoms with Gasteiger partial charge in [0.15, 0.2) is 5.41 Å². The molecule has 34 heavy (non-hydrogen) atoms. The maximum Gasteiger partial charge on any atom is 0.275 e. The lowest BCUT2D eigenvalue weighted by atomic mass is 10.0. The number of rotatable bonds is 9. The van der Waals surface area contributed by atoms with E-state index in [1.165, 1.54) is 25.3 Å². The van der Waals surface area contributed by atoms with Gasteiger partial charge in [0.05, 0.1) is 11.4 Å². The van der Waals surface area contributed by atoms with Crippen molar-refractivity contribution in [2.75, 3.05) is 17.7 Å². The van der Waals surface area contributed by atoms with Crippen molar-refractivity contribution >= 4 is 32.6 Å². The molecule has 0 spiro atoms. The second-order valence-electron chi connectivity index (χ2n) is 8.60. The molecule has 2 atom stereocenters. The van der Waals surface area contributed by atoms with Crippen LogP contribution < -0.4 is 10.1 Å². The molecule has 2 heterocycles. The van der Waals surface area contributed by atoms with E-state index in [0.29, 0.717) is 23.0 Å². The summed E-state index contributed by atoms with van der Waals surface area (Å²) in [6.07, 6.45) is 4.28. The minimum Gasteiger partial charge on any atom is -0.473 e. The third kappa shape index (κ3) is 6.30. The number of halogens is 1. The van der Waals surface area contributed by atoms with E-state index in [4.69, 9.17) is 4.74 Å². The van der Waals surface area contributed by atoms with E-state index in [0.717, 1.165) is 21.8 Å². The largest absolute Gasteiger partial charge is 0.473 e. The van der Waals surface area contributed by atoms with Crippen molar-refractivity contribution in [2.24, 2.45) is 0 Å². The molecule has 0 saturated heterocycles. The molecule has 0 radical (unpaired) electrons. The number of ether oxygens (including phenoxy) is 1. The quantitative estimate of drug-likeness (QED) is 0.287. The molecule has 1 saturated carbocycles. The van der Waals surface area contributed by atoms with Crippen LogP contribution in [-0.2, 0) is 0 Å². The zero-order chi connectivity index (χ0) is 24.3. The summed E-state index contributed by atoms with van der Waals surface area (Å²) in [5.74, 6) is 1.30. The summed E-state index contributed by atoms with van der Waals surface area (Å²) in [7, 11) is 2.07. The van der Waals surface area contributed by atoms with E-state index in [-0.39, 0.29) is 18.4 Å². The van der Waals surface area contributed by atoms with Crippen LogP contribution in [0.3, 0.4) is 0 Å². The maximum absolute atomic E-state index is 13.7. The van der Waals surface area contributed by atoms with Gasteiger partial charge in [0, 0.05) is 22.7 Å². The highest BCUT2D eigenvalue weighted by Gasteiger charge is 2.23. The lowest BCUT2D eigenvalue weighted by Gasteiger charge is -2.15. The number of aromatic nitrogens is 3. The fourth-order valence-electron chi connectivity index (χ4n) is 3.43. The number of hydrogen-bond acceptors (Lipinski definition) is 6. The molecule has 1 N–H and O–H groups in total. The standard InChI is InChI=1S/C25H28FN4O2PS/c1-4-34-21-11-19(18-9-7-17(8-10-18)16-5-6-16)13-27-23(21)24(31)28-20-12-22(30-29-15(20)2)32-14-25(3,26)33/h7-13,16H,4-6,14,33H2,1-3H3,(H,28,30,31). The van der Waals surface area contributed by atoms with Crippen molar-refractivity contribution in [1.82, 2.24) is 15.2 Å². The molecule has 4 rings (SSSR count). The van der Waals surface area contributed by atoms with Gasteiger partial charge in [-0.1, -0.05) is 40.4 Å². The number of carbonyl (C=O) groups excluding carboxylic acids is 1. The first-order valence-corrected chi connectivity index (χ1v) is 12.8. The first kappa shape index (κ1) is 24.6. The number of nitrogens with one attached hydrogen (secondary N) is 1. The average molecular weight is 499 g/mol. The molecule has 1 aliphatic carbocycles. The highest BCUT2D eigenvalue weighted by Crippen LogP contribution is 2.40. The number of amides is 1. The summed E-state index contributed by atoms with van der Waals surface area (Å²) in [6, 6.07) is 12.2. The number of alkyl halides is 1. The summed E-state index contributed by atoms with van der Waals surface area (Å²) in [6.45, 7) is 4.94. The van der Waals surface area contributed by atoms with Crippen LogP contribution in [0, 0.1) is 6.92 Å². The fourth-order valence-corrected chi connectivity index (χ4v) is 4.32. The number of benzene rings is 1. The summed E-state index contributed by atoms with van der Waals surface area (Å²) in [5.41, 5.74) is 4.73. The predicted octanol–water partition coefficient (Wildman–Crippen LogP) is 6.03. The third-order valence-corrected chi connectivity index (χ3v) is 6.44. The van der Waals surface area contributed by atoms with Gasteiger partial charge in [0.2, 0.25) is 5.88 Å². The summed E-state index contributed by atoms with van der Waals surface area (Å²) >= 11 is 1.57. The van der Waals surface area contributed by atoms with Crippen molar-refractivity contribution < 1.29 is 13.9 Å². The number of aryl methyl sites for hydroxylation is 1. The Hall–Kier alpha value is -2.57. The highest BCUT2D eigenvalue weighted by atomic mass is 32.2. The number of thioether (sulfide) groups is 1. The summed E-state index contributed by atoms with van der Waals surface area (Å²) in [4.78, 5) is 18.4. The Bertz CT molecular complexity index is 1180. The molecule has 0 bridgehead atoms.